The predicted molar refractivity (Wildman–Crippen MR) is 409 cm³/mol. The smallest absolute Gasteiger partial charge is 0.462 e. The van der Waals surface area contributed by atoms with Crippen molar-refractivity contribution < 1.29 is 42.1 Å². The van der Waals surface area contributed by atoms with E-state index in [1.807, 2.05) is 21.1 Å². The van der Waals surface area contributed by atoms with Gasteiger partial charge in [-0.1, -0.05) is 409 Å². The van der Waals surface area contributed by atoms with Gasteiger partial charge >= 0.3 is 19.8 Å². The van der Waals surface area contributed by atoms with Crippen LogP contribution in [-0.4, -0.2) is 74.9 Å². The Morgan fingerprint density at radius 1 is 0.340 bits per heavy atom. The normalized spacial score (nSPS) is 13.2. The highest BCUT2D eigenvalue weighted by Crippen LogP contribution is 2.43. The SMILES string of the molecule is CC/C=C\C/C=C\C/C=C\C/C=C\CCCCCCCCCCCCCCCCCCCCCCCCCCCCCCC(=O)OC(COC(=O)CCCCCCCCCCCCCCCCCCCCCCCCCCCCCCC)COP(=O)(O)OCC[N+](C)(C)C. The van der Waals surface area contributed by atoms with Gasteiger partial charge in [-0.15, -0.1) is 0 Å². The molecule has 10 heteroatoms. The van der Waals surface area contributed by atoms with Crippen molar-refractivity contribution in [2.45, 2.75) is 431 Å². The van der Waals surface area contributed by atoms with Gasteiger partial charge in [0.05, 0.1) is 27.7 Å². The molecule has 554 valence electrons. The van der Waals surface area contributed by atoms with Crippen molar-refractivity contribution in [1.29, 1.82) is 0 Å². The molecule has 94 heavy (non-hydrogen) atoms. The van der Waals surface area contributed by atoms with Crippen LogP contribution in [0.5, 0.6) is 0 Å². The van der Waals surface area contributed by atoms with Crippen molar-refractivity contribution in [2.75, 3.05) is 47.5 Å². The zero-order valence-electron chi connectivity index (χ0n) is 63.5. The number of hydrogen-bond acceptors (Lipinski definition) is 7. The van der Waals surface area contributed by atoms with Crippen molar-refractivity contribution in [3.05, 3.63) is 48.6 Å². The minimum atomic E-state index is -4.39. The fourth-order valence-electron chi connectivity index (χ4n) is 12.6. The molecule has 0 rings (SSSR count). The van der Waals surface area contributed by atoms with E-state index in [2.05, 4.69) is 62.5 Å². The maximum Gasteiger partial charge on any atom is 0.472 e. The minimum absolute atomic E-state index is 0.0358. The van der Waals surface area contributed by atoms with Gasteiger partial charge in [-0.25, -0.2) is 4.57 Å². The number of nitrogens with zero attached hydrogens (tertiary/aromatic N) is 1. The second-order valence-electron chi connectivity index (χ2n) is 29.5. The summed E-state index contributed by atoms with van der Waals surface area (Å²) >= 11 is 0. The first kappa shape index (κ1) is 92.0. The number of carbonyl (C=O) groups excluding carboxylic acids is 2. The number of allylic oxidation sites excluding steroid dienone is 8. The van der Waals surface area contributed by atoms with E-state index < -0.39 is 26.5 Å². The molecular weight excluding hydrogens is 1180 g/mol. The van der Waals surface area contributed by atoms with Crippen LogP contribution >= 0.6 is 7.82 Å². The van der Waals surface area contributed by atoms with Crippen LogP contribution in [0, 0.1) is 0 Å². The molecule has 0 aliphatic heterocycles. The molecule has 0 aliphatic rings. The molecule has 9 nitrogen and oxygen atoms in total. The lowest BCUT2D eigenvalue weighted by atomic mass is 10.0. The Kier molecular flexibility index (Phi) is 73.6. The van der Waals surface area contributed by atoms with Gasteiger partial charge in [0.2, 0.25) is 0 Å². The van der Waals surface area contributed by atoms with Crippen LogP contribution in [0.2, 0.25) is 0 Å². The third-order valence-corrected chi connectivity index (χ3v) is 19.9. The number of phosphoric ester groups is 1. The van der Waals surface area contributed by atoms with Crippen LogP contribution in [0.15, 0.2) is 48.6 Å². The molecule has 0 saturated carbocycles. The number of unbranched alkanes of at least 4 members (excludes halogenated alkanes) is 56. The molecule has 0 radical (unpaired) electrons. The standard InChI is InChI=1S/C84H160NO8P/c1-6-8-10-12-14-16-18-20-22-24-26-28-30-32-34-36-37-38-39-40-41-42-43-44-45-46-47-49-51-53-55-57-59-61-63-65-67-69-71-73-75-77-84(87)93-82(81-92-94(88,89)91-79-78-85(3,4)5)80-90-83(86)76-74-72-70-68-66-64-62-60-58-56-54-52-50-48-35-33-31-29-27-25-23-21-19-17-15-13-11-9-7-2/h8,10,14,16,20,22,26,28,82H,6-7,9,11-13,15,17-19,21,23-25,27,29-81H2,1-5H3/p+1/b10-8-,16-14-,22-20-,28-26-. The molecule has 1 N–H and O–H groups in total. The van der Waals surface area contributed by atoms with Crippen LogP contribution in [0.4, 0.5) is 0 Å². The molecule has 0 spiro atoms. The number of likely N-dealkylation sites (N-methyl/N-ethyl adjacent to an activating group) is 1. The quantitative estimate of drug-likeness (QED) is 0.0211. The summed E-state index contributed by atoms with van der Waals surface area (Å²) in [5, 5.41) is 0. The Balaban J connectivity index is 3.86. The van der Waals surface area contributed by atoms with Crippen LogP contribution < -0.4 is 0 Å². The summed E-state index contributed by atoms with van der Waals surface area (Å²) in [7, 11) is 1.50. The van der Waals surface area contributed by atoms with Gasteiger partial charge in [0.1, 0.15) is 19.8 Å². The van der Waals surface area contributed by atoms with Gasteiger partial charge in [0.15, 0.2) is 6.10 Å². The van der Waals surface area contributed by atoms with Crippen LogP contribution in [0.25, 0.3) is 0 Å². The fraction of sp³-hybridized carbons (Fsp3) is 0.881. The van der Waals surface area contributed by atoms with Crippen molar-refractivity contribution >= 4 is 19.8 Å². The molecule has 0 aromatic rings. The Morgan fingerprint density at radius 2 is 0.606 bits per heavy atom. The van der Waals surface area contributed by atoms with E-state index in [4.69, 9.17) is 18.5 Å². The van der Waals surface area contributed by atoms with E-state index in [9.17, 15) is 19.0 Å². The highest BCUT2D eigenvalue weighted by Gasteiger charge is 2.27. The van der Waals surface area contributed by atoms with E-state index in [0.717, 1.165) is 64.2 Å². The zero-order chi connectivity index (χ0) is 68.3. The van der Waals surface area contributed by atoms with Gasteiger partial charge in [0, 0.05) is 12.8 Å². The number of carbonyl (C=O) groups is 2. The largest absolute Gasteiger partial charge is 0.472 e. The predicted octanol–water partition coefficient (Wildman–Crippen LogP) is 27.5. The molecule has 0 heterocycles. The van der Waals surface area contributed by atoms with Gasteiger partial charge in [-0.3, -0.25) is 18.6 Å². The number of esters is 2. The summed E-state index contributed by atoms with van der Waals surface area (Å²) in [4.78, 5) is 36.0. The number of phosphoric acid groups is 1. The first-order valence-corrected chi connectivity index (χ1v) is 42.9. The van der Waals surface area contributed by atoms with E-state index in [-0.39, 0.29) is 25.6 Å². The highest BCUT2D eigenvalue weighted by molar-refractivity contribution is 7.47. The number of quaternary nitrogens is 1. The molecule has 0 amide bonds. The molecule has 0 aromatic carbocycles. The maximum absolute atomic E-state index is 12.9. The van der Waals surface area contributed by atoms with Gasteiger partial charge in [-0.05, 0) is 51.4 Å². The third-order valence-electron chi connectivity index (χ3n) is 18.9. The summed E-state index contributed by atoms with van der Waals surface area (Å²) in [6.45, 7) is 4.41. The van der Waals surface area contributed by atoms with Crippen molar-refractivity contribution in [3.63, 3.8) is 0 Å². The molecular formula is C84H161NO8P+. The summed E-state index contributed by atoms with van der Waals surface area (Å²) in [6.07, 6.45) is 100.0. The summed E-state index contributed by atoms with van der Waals surface area (Å²) in [5.74, 6) is -0.769. The second-order valence-corrected chi connectivity index (χ2v) is 30.9. The van der Waals surface area contributed by atoms with Crippen LogP contribution in [0.1, 0.15) is 425 Å². The molecule has 0 aromatic heterocycles. The third kappa shape index (κ3) is 79.0. The van der Waals surface area contributed by atoms with E-state index in [1.165, 1.54) is 334 Å². The maximum atomic E-state index is 12.9. The number of rotatable bonds is 78. The molecule has 0 aliphatic carbocycles. The van der Waals surface area contributed by atoms with Crippen LogP contribution in [0.3, 0.4) is 0 Å². The Morgan fingerprint density at radius 3 is 0.904 bits per heavy atom. The van der Waals surface area contributed by atoms with Crippen molar-refractivity contribution in [2.24, 2.45) is 0 Å². The van der Waals surface area contributed by atoms with Gasteiger partial charge in [0.25, 0.3) is 0 Å². The summed E-state index contributed by atoms with van der Waals surface area (Å²) in [6, 6.07) is 0. The monoisotopic (exact) mass is 1340 g/mol. The first-order chi connectivity index (χ1) is 46.0. The lowest BCUT2D eigenvalue weighted by Gasteiger charge is -2.24. The van der Waals surface area contributed by atoms with E-state index in [0.29, 0.717) is 17.4 Å². The second kappa shape index (κ2) is 75.2. The van der Waals surface area contributed by atoms with Crippen molar-refractivity contribution in [3.8, 4) is 0 Å². The summed E-state index contributed by atoms with van der Waals surface area (Å²) < 4.78 is 34.9. The fourth-order valence-corrected chi connectivity index (χ4v) is 13.3. The summed E-state index contributed by atoms with van der Waals surface area (Å²) in [5.41, 5.74) is 0. The minimum Gasteiger partial charge on any atom is -0.462 e. The van der Waals surface area contributed by atoms with Gasteiger partial charge < -0.3 is 18.9 Å². The van der Waals surface area contributed by atoms with Gasteiger partial charge in [-0.2, -0.15) is 0 Å². The lowest BCUT2D eigenvalue weighted by Crippen LogP contribution is -2.37. The first-order valence-electron chi connectivity index (χ1n) is 41.4. The average Bonchev–Trinajstić information content (AvgIpc) is 1.57. The molecule has 0 saturated heterocycles. The van der Waals surface area contributed by atoms with Crippen LogP contribution in [-0.2, 0) is 32.7 Å². The number of ether oxygens (including phenoxy) is 2. The van der Waals surface area contributed by atoms with E-state index >= 15 is 0 Å². The Labute approximate surface area is 585 Å². The molecule has 0 fully saturated rings. The molecule has 2 unspecified atom stereocenters. The van der Waals surface area contributed by atoms with E-state index in [1.54, 1.807) is 0 Å². The lowest BCUT2D eigenvalue weighted by molar-refractivity contribution is -0.870. The highest BCUT2D eigenvalue weighted by atomic mass is 31.2. The van der Waals surface area contributed by atoms with Crippen molar-refractivity contribution in [1.82, 2.24) is 0 Å². The topological polar surface area (TPSA) is 108 Å². The molecule has 2 atom stereocenters. The zero-order valence-corrected chi connectivity index (χ0v) is 64.4. The Hall–Kier alpha value is -2.03. The Bertz CT molecular complexity index is 1720. The number of hydrogen-bond donors (Lipinski definition) is 1. The molecule has 0 bridgehead atoms. The average molecular weight is 1340 g/mol.